The van der Waals surface area contributed by atoms with Crippen molar-refractivity contribution in [3.63, 3.8) is 0 Å². The minimum Gasteiger partial charge on any atom is -0.377 e. The third kappa shape index (κ3) is 4.26. The Kier molecular flexibility index (Phi) is 5.74. The maximum Gasteiger partial charge on any atom is 0.260 e. The first-order valence-electron chi connectivity index (χ1n) is 7.40. The fourth-order valence-electron chi connectivity index (χ4n) is 2.33. The molecule has 1 aromatic heterocycles. The summed E-state index contributed by atoms with van der Waals surface area (Å²) in [5.74, 6) is 0. The Morgan fingerprint density at radius 1 is 1.48 bits per heavy atom. The average Bonchev–Trinajstić information content (AvgIpc) is 3.08. The van der Waals surface area contributed by atoms with E-state index in [4.69, 9.17) is 4.74 Å². The van der Waals surface area contributed by atoms with Crippen molar-refractivity contribution < 1.29 is 13.2 Å². The van der Waals surface area contributed by atoms with E-state index in [2.05, 4.69) is 27.2 Å². The maximum absolute atomic E-state index is 12.4. The number of aromatic nitrogens is 2. The molecular weight excluding hydrogens is 292 g/mol. The quantitative estimate of drug-likeness (QED) is 0.613. The lowest BCUT2D eigenvalue weighted by atomic mass is 10.2. The number of hydrogen-bond donors (Lipinski definition) is 3. The summed E-state index contributed by atoms with van der Waals surface area (Å²) in [4.78, 5) is 0. The minimum absolute atomic E-state index is 0.0264. The van der Waals surface area contributed by atoms with Crippen LogP contribution in [0.1, 0.15) is 37.4 Å². The van der Waals surface area contributed by atoms with Crippen LogP contribution in [0.3, 0.4) is 0 Å². The van der Waals surface area contributed by atoms with E-state index >= 15 is 0 Å². The molecule has 1 aliphatic heterocycles. The van der Waals surface area contributed by atoms with Crippen molar-refractivity contribution in [2.24, 2.45) is 0 Å². The van der Waals surface area contributed by atoms with Gasteiger partial charge in [0, 0.05) is 31.0 Å². The SMILES string of the molecule is CCCNCc1c(S(=O)(=O)NCC2CCCO2)n[nH]c1C. The lowest BCUT2D eigenvalue weighted by Gasteiger charge is -2.11. The molecule has 0 radical (unpaired) electrons. The van der Waals surface area contributed by atoms with E-state index in [-0.39, 0.29) is 11.1 Å². The van der Waals surface area contributed by atoms with Crippen molar-refractivity contribution in [1.82, 2.24) is 20.2 Å². The molecule has 1 aliphatic rings. The van der Waals surface area contributed by atoms with Crippen LogP contribution < -0.4 is 10.0 Å². The van der Waals surface area contributed by atoms with E-state index in [0.29, 0.717) is 25.3 Å². The largest absolute Gasteiger partial charge is 0.377 e. The Balaban J connectivity index is 2.04. The topological polar surface area (TPSA) is 96.1 Å². The van der Waals surface area contributed by atoms with Gasteiger partial charge in [0.2, 0.25) is 0 Å². The molecule has 0 saturated carbocycles. The lowest BCUT2D eigenvalue weighted by Crippen LogP contribution is -2.33. The fraction of sp³-hybridized carbons (Fsp3) is 0.769. The van der Waals surface area contributed by atoms with Crippen LogP contribution in [0.25, 0.3) is 0 Å². The van der Waals surface area contributed by atoms with Crippen LogP contribution in [-0.4, -0.2) is 44.4 Å². The first-order chi connectivity index (χ1) is 10.0. The molecule has 3 N–H and O–H groups in total. The summed E-state index contributed by atoms with van der Waals surface area (Å²) in [6, 6.07) is 0. The van der Waals surface area contributed by atoms with Crippen LogP contribution in [0.4, 0.5) is 0 Å². The molecule has 8 heteroatoms. The smallest absolute Gasteiger partial charge is 0.260 e. The van der Waals surface area contributed by atoms with Crippen molar-refractivity contribution in [2.45, 2.75) is 50.8 Å². The molecule has 0 amide bonds. The Hall–Kier alpha value is -0.960. The zero-order valence-corrected chi connectivity index (χ0v) is 13.4. The Morgan fingerprint density at radius 3 is 2.95 bits per heavy atom. The molecule has 7 nitrogen and oxygen atoms in total. The van der Waals surface area contributed by atoms with E-state index in [0.717, 1.165) is 31.5 Å². The van der Waals surface area contributed by atoms with Gasteiger partial charge in [-0.3, -0.25) is 5.10 Å². The number of hydrogen-bond acceptors (Lipinski definition) is 5. The predicted molar refractivity (Wildman–Crippen MR) is 79.5 cm³/mol. The van der Waals surface area contributed by atoms with Gasteiger partial charge in [0.25, 0.3) is 10.0 Å². The highest BCUT2D eigenvalue weighted by Gasteiger charge is 2.25. The van der Waals surface area contributed by atoms with Crippen molar-refractivity contribution >= 4 is 10.0 Å². The monoisotopic (exact) mass is 316 g/mol. The number of aryl methyl sites for hydroxylation is 1. The molecule has 120 valence electrons. The van der Waals surface area contributed by atoms with Gasteiger partial charge in [0.15, 0.2) is 5.03 Å². The molecule has 1 unspecified atom stereocenters. The number of rotatable bonds is 8. The van der Waals surface area contributed by atoms with Gasteiger partial charge >= 0.3 is 0 Å². The van der Waals surface area contributed by atoms with Gasteiger partial charge in [-0.05, 0) is 32.7 Å². The highest BCUT2D eigenvalue weighted by molar-refractivity contribution is 7.89. The van der Waals surface area contributed by atoms with Crippen LogP contribution in [0, 0.1) is 6.92 Å². The van der Waals surface area contributed by atoms with E-state index in [1.165, 1.54) is 0 Å². The van der Waals surface area contributed by atoms with E-state index in [1.54, 1.807) is 0 Å². The Morgan fingerprint density at radius 2 is 2.29 bits per heavy atom. The van der Waals surface area contributed by atoms with Crippen molar-refractivity contribution in [2.75, 3.05) is 19.7 Å². The third-order valence-electron chi connectivity index (χ3n) is 3.54. The average molecular weight is 316 g/mol. The third-order valence-corrected chi connectivity index (χ3v) is 4.94. The summed E-state index contributed by atoms with van der Waals surface area (Å²) in [5, 5.41) is 10.0. The molecular formula is C13H24N4O3S. The number of nitrogens with zero attached hydrogens (tertiary/aromatic N) is 1. The highest BCUT2D eigenvalue weighted by Crippen LogP contribution is 2.17. The maximum atomic E-state index is 12.4. The van der Waals surface area contributed by atoms with Crippen molar-refractivity contribution in [3.8, 4) is 0 Å². The van der Waals surface area contributed by atoms with Crippen molar-refractivity contribution in [1.29, 1.82) is 0 Å². The van der Waals surface area contributed by atoms with Crippen molar-refractivity contribution in [3.05, 3.63) is 11.3 Å². The molecule has 1 aromatic rings. The lowest BCUT2D eigenvalue weighted by molar-refractivity contribution is 0.114. The molecule has 1 saturated heterocycles. The van der Waals surface area contributed by atoms with Gasteiger partial charge in [-0.15, -0.1) is 0 Å². The molecule has 0 spiro atoms. The zero-order valence-electron chi connectivity index (χ0n) is 12.6. The van der Waals surface area contributed by atoms with Gasteiger partial charge in [-0.1, -0.05) is 6.92 Å². The van der Waals surface area contributed by atoms with E-state index in [9.17, 15) is 8.42 Å². The second-order valence-corrected chi connectivity index (χ2v) is 6.98. The molecule has 0 aliphatic carbocycles. The number of ether oxygens (including phenoxy) is 1. The summed E-state index contributed by atoms with van der Waals surface area (Å²) >= 11 is 0. The summed E-state index contributed by atoms with van der Waals surface area (Å²) in [7, 11) is -3.61. The molecule has 1 atom stereocenters. The summed E-state index contributed by atoms with van der Waals surface area (Å²) in [6.07, 6.45) is 2.85. The number of aromatic amines is 1. The van der Waals surface area contributed by atoms with Gasteiger partial charge < -0.3 is 10.1 Å². The first kappa shape index (κ1) is 16.4. The van der Waals surface area contributed by atoms with Crippen LogP contribution in [-0.2, 0) is 21.3 Å². The standard InChI is InChI=1S/C13H24N4O3S/c1-3-6-14-9-12-10(2)16-17-13(12)21(18,19)15-8-11-5-4-7-20-11/h11,14-15H,3-9H2,1-2H3,(H,16,17). The minimum atomic E-state index is -3.61. The zero-order chi connectivity index (χ0) is 15.3. The number of sulfonamides is 1. The second kappa shape index (κ2) is 7.35. The molecule has 2 heterocycles. The van der Waals surface area contributed by atoms with E-state index < -0.39 is 10.0 Å². The van der Waals surface area contributed by atoms with Crippen LogP contribution in [0.5, 0.6) is 0 Å². The van der Waals surface area contributed by atoms with Crippen LogP contribution >= 0.6 is 0 Å². The summed E-state index contributed by atoms with van der Waals surface area (Å²) in [5.41, 5.74) is 1.47. The number of nitrogens with one attached hydrogen (secondary N) is 3. The molecule has 1 fully saturated rings. The molecule has 2 rings (SSSR count). The predicted octanol–water partition coefficient (Wildman–Crippen LogP) is 0.675. The summed E-state index contributed by atoms with van der Waals surface area (Å²) in [6.45, 7) is 6.24. The van der Waals surface area contributed by atoms with Gasteiger partial charge in [0.1, 0.15) is 0 Å². The van der Waals surface area contributed by atoms with Gasteiger partial charge in [0.05, 0.1) is 6.10 Å². The Labute approximate surface area is 125 Å². The first-order valence-corrected chi connectivity index (χ1v) is 8.88. The van der Waals surface area contributed by atoms with Crippen LogP contribution in [0.2, 0.25) is 0 Å². The van der Waals surface area contributed by atoms with Gasteiger partial charge in [-0.2, -0.15) is 5.10 Å². The molecule has 21 heavy (non-hydrogen) atoms. The van der Waals surface area contributed by atoms with Gasteiger partial charge in [-0.25, -0.2) is 13.1 Å². The number of H-pyrrole nitrogens is 1. The second-order valence-electron chi connectivity index (χ2n) is 5.30. The normalized spacial score (nSPS) is 19.2. The summed E-state index contributed by atoms with van der Waals surface area (Å²) < 4.78 is 32.8. The fourth-order valence-corrected chi connectivity index (χ4v) is 3.58. The Bertz CT molecular complexity index is 550. The van der Waals surface area contributed by atoms with Crippen LogP contribution in [0.15, 0.2) is 5.03 Å². The highest BCUT2D eigenvalue weighted by atomic mass is 32.2. The molecule has 0 bridgehead atoms. The van der Waals surface area contributed by atoms with E-state index in [1.807, 2.05) is 6.92 Å². The molecule has 0 aromatic carbocycles.